The van der Waals surface area contributed by atoms with Crippen LogP contribution in [0.3, 0.4) is 0 Å². The number of aromatic nitrogens is 2. The molecule has 7 heteroatoms. The molecule has 2 amide bonds. The van der Waals surface area contributed by atoms with Gasteiger partial charge in [0, 0.05) is 22.6 Å². The maximum atomic E-state index is 13.6. The number of benzene rings is 3. The van der Waals surface area contributed by atoms with Gasteiger partial charge >= 0.3 is 0 Å². The van der Waals surface area contributed by atoms with Crippen molar-refractivity contribution in [3.8, 4) is 11.4 Å². The van der Waals surface area contributed by atoms with Gasteiger partial charge in [-0.15, -0.1) is 0 Å². The minimum Gasteiger partial charge on any atom is -0.496 e. The van der Waals surface area contributed by atoms with Gasteiger partial charge in [0.1, 0.15) is 17.6 Å². The number of carbonyl (C=O) groups excluding carboxylic acids is 2. The summed E-state index contributed by atoms with van der Waals surface area (Å²) in [4.78, 5) is 26.9. The lowest BCUT2D eigenvalue weighted by atomic mass is 9.80. The number of aryl methyl sites for hydroxylation is 3. The molecule has 1 aliphatic heterocycles. The van der Waals surface area contributed by atoms with Crippen molar-refractivity contribution in [3.63, 3.8) is 0 Å². The first-order valence-electron chi connectivity index (χ1n) is 11.8. The fourth-order valence-corrected chi connectivity index (χ4v) is 4.89. The van der Waals surface area contributed by atoms with Crippen molar-refractivity contribution in [2.75, 3.05) is 12.4 Å². The molecule has 36 heavy (non-hydrogen) atoms. The third-order valence-corrected chi connectivity index (χ3v) is 6.56. The zero-order valence-corrected chi connectivity index (χ0v) is 20.7. The zero-order chi connectivity index (χ0) is 25.4. The Hall–Kier alpha value is -4.39. The van der Waals surface area contributed by atoms with Gasteiger partial charge in [-0.3, -0.25) is 9.59 Å². The molecular formula is C29H28N4O3. The maximum Gasteiger partial charge on any atom is 0.251 e. The van der Waals surface area contributed by atoms with E-state index in [4.69, 9.17) is 9.84 Å². The molecule has 0 radical (unpaired) electrons. The lowest BCUT2D eigenvalue weighted by molar-refractivity contribution is -0.118. The van der Waals surface area contributed by atoms with Gasteiger partial charge in [0.2, 0.25) is 5.91 Å². The molecule has 0 bridgehead atoms. The van der Waals surface area contributed by atoms with Crippen LogP contribution in [-0.2, 0) is 4.79 Å². The highest BCUT2D eigenvalue weighted by Gasteiger charge is 2.43. The van der Waals surface area contributed by atoms with Crippen LogP contribution < -0.4 is 15.4 Å². The molecule has 2 heterocycles. The summed E-state index contributed by atoms with van der Waals surface area (Å²) in [6, 6.07) is 22.0. The minimum absolute atomic E-state index is 0.311. The Morgan fingerprint density at radius 2 is 1.72 bits per heavy atom. The number of fused-ring (bicyclic) bond motifs is 1. The number of rotatable bonds is 5. The Kier molecular flexibility index (Phi) is 6.06. The number of nitrogens with zero attached hydrogens (tertiary/aromatic N) is 2. The highest BCUT2D eigenvalue weighted by atomic mass is 16.5. The van der Waals surface area contributed by atoms with Gasteiger partial charge in [0.15, 0.2) is 0 Å². The van der Waals surface area contributed by atoms with Gasteiger partial charge in [-0.05, 0) is 51.1 Å². The minimum atomic E-state index is -0.867. The second kappa shape index (κ2) is 9.34. The number of methoxy groups -OCH3 is 1. The largest absolute Gasteiger partial charge is 0.496 e. The van der Waals surface area contributed by atoms with E-state index in [0.717, 1.165) is 33.6 Å². The third-order valence-electron chi connectivity index (χ3n) is 6.56. The fraction of sp³-hybridized carbons (Fsp3) is 0.207. The van der Waals surface area contributed by atoms with E-state index in [1.54, 1.807) is 17.9 Å². The van der Waals surface area contributed by atoms with E-state index < -0.39 is 12.0 Å². The van der Waals surface area contributed by atoms with Gasteiger partial charge in [0.05, 0.1) is 18.5 Å². The van der Waals surface area contributed by atoms with Gasteiger partial charge in [-0.25, -0.2) is 4.68 Å². The second-order valence-corrected chi connectivity index (χ2v) is 9.13. The Bertz CT molecular complexity index is 1460. The summed E-state index contributed by atoms with van der Waals surface area (Å²) in [5.74, 6) is 0.113. The van der Waals surface area contributed by atoms with Crippen molar-refractivity contribution in [3.05, 3.63) is 106 Å². The second-order valence-electron chi connectivity index (χ2n) is 9.13. The normalized spacial score (nSPS) is 16.7. The van der Waals surface area contributed by atoms with Crippen LogP contribution in [0.15, 0.2) is 72.8 Å². The van der Waals surface area contributed by atoms with Crippen molar-refractivity contribution >= 4 is 17.6 Å². The molecule has 0 saturated carbocycles. The molecule has 2 N–H and O–H groups in total. The van der Waals surface area contributed by atoms with E-state index in [-0.39, 0.29) is 11.8 Å². The Balaban J connectivity index is 1.68. The van der Waals surface area contributed by atoms with Crippen molar-refractivity contribution in [2.24, 2.45) is 0 Å². The lowest BCUT2D eigenvalue weighted by Crippen LogP contribution is -2.50. The van der Waals surface area contributed by atoms with E-state index in [0.29, 0.717) is 17.1 Å². The summed E-state index contributed by atoms with van der Waals surface area (Å²) >= 11 is 0. The van der Waals surface area contributed by atoms with Gasteiger partial charge in [-0.2, -0.15) is 5.10 Å². The van der Waals surface area contributed by atoms with E-state index in [2.05, 4.69) is 10.6 Å². The average Bonchev–Trinajstić information content (AvgIpc) is 3.20. The number of amides is 2. The van der Waals surface area contributed by atoms with Crippen LogP contribution in [0, 0.1) is 20.8 Å². The van der Waals surface area contributed by atoms with E-state index >= 15 is 0 Å². The number of ether oxygens (including phenoxy) is 1. The maximum absolute atomic E-state index is 13.6. The van der Waals surface area contributed by atoms with Crippen LogP contribution >= 0.6 is 0 Å². The van der Waals surface area contributed by atoms with Crippen LogP contribution in [0.1, 0.15) is 44.2 Å². The molecule has 0 spiro atoms. The molecule has 5 rings (SSSR count). The topological polar surface area (TPSA) is 85.2 Å². The zero-order valence-electron chi connectivity index (χ0n) is 20.7. The molecular weight excluding hydrogens is 452 g/mol. The van der Waals surface area contributed by atoms with Crippen LogP contribution in [0.2, 0.25) is 0 Å². The summed E-state index contributed by atoms with van der Waals surface area (Å²) in [5, 5.41) is 10.8. The van der Waals surface area contributed by atoms with E-state index in [1.807, 2.05) is 87.5 Å². The van der Waals surface area contributed by atoms with Crippen LogP contribution in [-0.4, -0.2) is 34.7 Å². The first-order valence-corrected chi connectivity index (χ1v) is 11.8. The molecule has 3 aromatic carbocycles. The fourth-order valence-electron chi connectivity index (χ4n) is 4.89. The highest BCUT2D eigenvalue weighted by molar-refractivity contribution is 6.04. The van der Waals surface area contributed by atoms with Gasteiger partial charge < -0.3 is 15.4 Å². The molecule has 182 valence electrons. The average molecular weight is 481 g/mol. The number of hydrogen-bond acceptors (Lipinski definition) is 4. The molecule has 0 fully saturated rings. The van der Waals surface area contributed by atoms with Gasteiger partial charge in [0.25, 0.3) is 5.91 Å². The summed E-state index contributed by atoms with van der Waals surface area (Å²) in [6.45, 7) is 5.84. The number of hydrogen-bond donors (Lipinski definition) is 2. The molecule has 1 aromatic heterocycles. The van der Waals surface area contributed by atoms with Crippen LogP contribution in [0.4, 0.5) is 5.82 Å². The molecule has 0 unspecified atom stereocenters. The van der Waals surface area contributed by atoms with Crippen molar-refractivity contribution in [1.29, 1.82) is 0 Å². The summed E-state index contributed by atoms with van der Waals surface area (Å²) in [6.07, 6.45) is 0. The van der Waals surface area contributed by atoms with Gasteiger partial charge in [-0.1, -0.05) is 53.6 Å². The Morgan fingerprint density at radius 3 is 2.44 bits per heavy atom. The molecule has 4 aromatic rings. The van der Waals surface area contributed by atoms with Crippen molar-refractivity contribution in [2.45, 2.75) is 32.7 Å². The summed E-state index contributed by atoms with van der Waals surface area (Å²) in [7, 11) is 1.61. The van der Waals surface area contributed by atoms with Crippen LogP contribution in [0.25, 0.3) is 5.69 Å². The Labute approximate surface area is 210 Å². The number of carbonyl (C=O) groups is 2. The molecule has 2 atom stereocenters. The predicted octanol–water partition coefficient (Wildman–Crippen LogP) is 4.69. The van der Waals surface area contributed by atoms with Crippen molar-refractivity contribution in [1.82, 2.24) is 15.1 Å². The summed E-state index contributed by atoms with van der Waals surface area (Å²) in [5.41, 5.74) is 5.75. The molecule has 7 nitrogen and oxygen atoms in total. The summed E-state index contributed by atoms with van der Waals surface area (Å²) < 4.78 is 7.46. The lowest BCUT2D eigenvalue weighted by Gasteiger charge is -2.33. The number of anilines is 1. The van der Waals surface area contributed by atoms with Crippen molar-refractivity contribution < 1.29 is 14.3 Å². The highest BCUT2D eigenvalue weighted by Crippen LogP contribution is 2.43. The first-order chi connectivity index (χ1) is 17.4. The quantitative estimate of drug-likeness (QED) is 0.434. The molecule has 0 saturated heterocycles. The Morgan fingerprint density at radius 1 is 0.972 bits per heavy atom. The smallest absolute Gasteiger partial charge is 0.251 e. The van der Waals surface area contributed by atoms with E-state index in [1.165, 1.54) is 0 Å². The number of para-hydroxylation sites is 1. The standard InChI is InChI=1S/C29H28N4O3/c1-17-9-8-10-20(15-17)28(34)30-26-25(22-16-18(2)13-14-23(22)36-4)24-19(3)32-33(27(24)31-29(26)35)21-11-6-5-7-12-21/h5-16,25-26H,1-4H3,(H,30,34)(H,31,35)/t25-,26+/m1/s1. The first kappa shape index (κ1) is 23.4. The predicted molar refractivity (Wildman–Crippen MR) is 139 cm³/mol. The van der Waals surface area contributed by atoms with E-state index in [9.17, 15) is 9.59 Å². The monoisotopic (exact) mass is 480 g/mol. The number of nitrogens with one attached hydrogen (secondary N) is 2. The van der Waals surface area contributed by atoms with Crippen LogP contribution in [0.5, 0.6) is 5.75 Å². The molecule has 1 aliphatic rings. The SMILES string of the molecule is COc1ccc(C)cc1[C@@H]1c2c(C)nn(-c3ccccc3)c2NC(=O)[C@H]1NC(=O)c1cccc(C)c1. The third kappa shape index (κ3) is 4.13. The molecule has 0 aliphatic carbocycles.